The molecular weight excluding hydrogens is 609 g/mol. The molecule has 0 radical (unpaired) electrons. The van der Waals surface area contributed by atoms with Crippen LogP contribution in [0.2, 0.25) is 0 Å². The second kappa shape index (κ2) is 10.4. The summed E-state index contributed by atoms with van der Waals surface area (Å²) in [5.74, 6) is 0. The van der Waals surface area contributed by atoms with Gasteiger partial charge in [-0.3, -0.25) is 0 Å². The summed E-state index contributed by atoms with van der Waals surface area (Å²) in [5, 5.41) is 11.8. The van der Waals surface area contributed by atoms with E-state index in [1.807, 2.05) is 18.2 Å². The van der Waals surface area contributed by atoms with E-state index in [9.17, 15) is 0 Å². The first-order valence-corrected chi connectivity index (χ1v) is 17.1. The Kier molecular flexibility index (Phi) is 5.70. The van der Waals surface area contributed by atoms with Crippen molar-refractivity contribution in [1.29, 1.82) is 0 Å². The van der Waals surface area contributed by atoms with Crippen molar-refractivity contribution in [3.8, 4) is 33.4 Å². The van der Waals surface area contributed by atoms with Crippen LogP contribution < -0.4 is 0 Å². The molecule has 232 valence electrons. The Bertz CT molecular complexity index is 3070. The van der Waals surface area contributed by atoms with Gasteiger partial charge in [-0.15, -0.1) is 0 Å². The smallest absolute Gasteiger partial charge is 0.143 e. The molecule has 0 N–H and O–H groups in total. The minimum atomic E-state index is 0.843. The maximum absolute atomic E-state index is 6.53. The molecule has 0 bridgehead atoms. The Hall–Kier alpha value is -6.64. The molecule has 0 aliphatic rings. The first-order valence-electron chi connectivity index (χ1n) is 17.1. The van der Waals surface area contributed by atoms with Gasteiger partial charge in [-0.2, -0.15) is 0 Å². The fourth-order valence-electron chi connectivity index (χ4n) is 8.15. The third-order valence-corrected chi connectivity index (χ3v) is 10.5. The number of para-hydroxylation sites is 1. The molecule has 0 saturated carbocycles. The zero-order valence-electron chi connectivity index (χ0n) is 27.0. The Labute approximate surface area is 287 Å². The van der Waals surface area contributed by atoms with Gasteiger partial charge in [0.25, 0.3) is 0 Å². The monoisotopic (exact) mass is 636 g/mol. The van der Waals surface area contributed by atoms with Crippen molar-refractivity contribution in [3.05, 3.63) is 170 Å². The highest BCUT2D eigenvalue weighted by atomic mass is 16.3. The number of fused-ring (bicyclic) bond motifs is 10. The third kappa shape index (κ3) is 3.96. The van der Waals surface area contributed by atoms with Crippen LogP contribution in [0.25, 0.3) is 110 Å². The maximum atomic E-state index is 6.53. The summed E-state index contributed by atoms with van der Waals surface area (Å²) in [5.41, 5.74) is 10.9. The normalized spacial score (nSPS) is 12.0. The Morgan fingerprint density at radius 3 is 1.48 bits per heavy atom. The largest absolute Gasteiger partial charge is 0.456 e. The standard InChI is InChI=1S/C48H28O2/c1-2-10-30(11-3-1)46-36-13-4-6-15-38(36)47(39-16-7-5-14-37(39)46)31-20-18-29(19-21-31)32-22-24-34-33(26-32)23-25-40-42-27-41-35-12-8-9-17-43(35)49-44(41)28-45(42)50-48(34)40/h1-28H. The lowest BCUT2D eigenvalue weighted by Gasteiger charge is -2.18. The molecule has 0 aliphatic heterocycles. The Morgan fingerprint density at radius 1 is 0.260 bits per heavy atom. The Morgan fingerprint density at radius 2 is 0.780 bits per heavy atom. The van der Waals surface area contributed by atoms with Crippen LogP contribution in [0.3, 0.4) is 0 Å². The molecule has 0 aliphatic carbocycles. The third-order valence-electron chi connectivity index (χ3n) is 10.5. The van der Waals surface area contributed by atoms with Gasteiger partial charge in [0.05, 0.1) is 0 Å². The lowest BCUT2D eigenvalue weighted by molar-refractivity contribution is 0.658. The highest BCUT2D eigenvalue weighted by Crippen LogP contribution is 2.44. The molecule has 0 amide bonds. The molecule has 2 nitrogen and oxygen atoms in total. The number of hydrogen-bond donors (Lipinski definition) is 0. The predicted molar refractivity (Wildman–Crippen MR) is 210 cm³/mol. The highest BCUT2D eigenvalue weighted by Gasteiger charge is 2.18. The molecule has 11 aromatic rings. The molecule has 0 spiro atoms. The van der Waals surface area contributed by atoms with Crippen molar-refractivity contribution in [1.82, 2.24) is 0 Å². The molecule has 0 atom stereocenters. The lowest BCUT2D eigenvalue weighted by Crippen LogP contribution is -1.90. The molecule has 2 heterocycles. The quantitative estimate of drug-likeness (QED) is 0.180. The zero-order chi connectivity index (χ0) is 32.8. The second-order valence-electron chi connectivity index (χ2n) is 13.2. The van der Waals surface area contributed by atoms with Gasteiger partial charge in [0.2, 0.25) is 0 Å². The summed E-state index contributed by atoms with van der Waals surface area (Å²) in [6.07, 6.45) is 0. The van der Waals surface area contributed by atoms with Crippen LogP contribution in [-0.4, -0.2) is 0 Å². The van der Waals surface area contributed by atoms with Gasteiger partial charge < -0.3 is 8.83 Å². The first-order chi connectivity index (χ1) is 24.8. The van der Waals surface area contributed by atoms with Crippen LogP contribution in [0.5, 0.6) is 0 Å². The maximum Gasteiger partial charge on any atom is 0.143 e. The lowest BCUT2D eigenvalue weighted by atomic mass is 9.85. The highest BCUT2D eigenvalue weighted by molar-refractivity contribution is 6.22. The van der Waals surface area contributed by atoms with Gasteiger partial charge in [-0.05, 0) is 90.6 Å². The number of rotatable bonds is 3. The Balaban J connectivity index is 1.02. The number of hydrogen-bond acceptors (Lipinski definition) is 2. The van der Waals surface area contributed by atoms with E-state index >= 15 is 0 Å². The van der Waals surface area contributed by atoms with Crippen LogP contribution in [0.15, 0.2) is 179 Å². The van der Waals surface area contributed by atoms with Crippen LogP contribution in [-0.2, 0) is 0 Å². The van der Waals surface area contributed by atoms with E-state index in [0.29, 0.717) is 0 Å². The van der Waals surface area contributed by atoms with Gasteiger partial charge in [0.1, 0.15) is 22.3 Å². The van der Waals surface area contributed by atoms with Gasteiger partial charge in [0, 0.05) is 33.0 Å². The van der Waals surface area contributed by atoms with E-state index in [2.05, 4.69) is 152 Å². The topological polar surface area (TPSA) is 26.3 Å². The molecule has 0 saturated heterocycles. The molecule has 2 heteroatoms. The van der Waals surface area contributed by atoms with Crippen LogP contribution in [0, 0.1) is 0 Å². The second-order valence-corrected chi connectivity index (χ2v) is 13.2. The molecule has 0 unspecified atom stereocenters. The molecule has 50 heavy (non-hydrogen) atoms. The van der Waals surface area contributed by atoms with Crippen molar-refractivity contribution in [3.63, 3.8) is 0 Å². The summed E-state index contributed by atoms with van der Waals surface area (Å²) in [7, 11) is 0. The van der Waals surface area contributed by atoms with Gasteiger partial charge in [0.15, 0.2) is 0 Å². The van der Waals surface area contributed by atoms with Crippen molar-refractivity contribution in [2.24, 2.45) is 0 Å². The fraction of sp³-hybridized carbons (Fsp3) is 0. The summed E-state index contributed by atoms with van der Waals surface area (Å²) < 4.78 is 12.7. The molecule has 0 fully saturated rings. The summed E-state index contributed by atoms with van der Waals surface area (Å²) in [6, 6.07) is 61.0. The summed E-state index contributed by atoms with van der Waals surface area (Å²) >= 11 is 0. The van der Waals surface area contributed by atoms with Crippen LogP contribution in [0.1, 0.15) is 0 Å². The SMILES string of the molecule is c1ccc(-c2c3ccccc3c(-c3ccc(-c4ccc5c(ccc6c7cc8c(cc7oc56)oc5ccccc58)c4)cc3)c3ccccc23)cc1. The number of furan rings is 2. The first kappa shape index (κ1) is 27.3. The zero-order valence-corrected chi connectivity index (χ0v) is 27.0. The predicted octanol–water partition coefficient (Wildman–Crippen LogP) is 13.9. The van der Waals surface area contributed by atoms with Crippen molar-refractivity contribution in [2.75, 3.05) is 0 Å². The van der Waals surface area contributed by atoms with Crippen molar-refractivity contribution in [2.45, 2.75) is 0 Å². The van der Waals surface area contributed by atoms with E-state index < -0.39 is 0 Å². The number of benzene rings is 9. The van der Waals surface area contributed by atoms with Gasteiger partial charge in [-0.1, -0.05) is 133 Å². The van der Waals surface area contributed by atoms with Crippen molar-refractivity contribution < 1.29 is 8.83 Å². The average molecular weight is 637 g/mol. The molecular formula is C48H28O2. The van der Waals surface area contributed by atoms with Gasteiger partial charge >= 0.3 is 0 Å². The summed E-state index contributed by atoms with van der Waals surface area (Å²) in [6.45, 7) is 0. The van der Waals surface area contributed by atoms with Crippen molar-refractivity contribution >= 4 is 76.2 Å². The molecule has 11 rings (SSSR count). The minimum absolute atomic E-state index is 0.843. The van der Waals surface area contributed by atoms with E-state index in [0.717, 1.165) is 54.6 Å². The molecule has 9 aromatic carbocycles. The van der Waals surface area contributed by atoms with Gasteiger partial charge in [-0.25, -0.2) is 0 Å². The summed E-state index contributed by atoms with van der Waals surface area (Å²) in [4.78, 5) is 0. The van der Waals surface area contributed by atoms with Crippen LogP contribution in [0.4, 0.5) is 0 Å². The molecule has 2 aromatic heterocycles. The van der Waals surface area contributed by atoms with E-state index in [1.165, 1.54) is 54.9 Å². The van der Waals surface area contributed by atoms with E-state index in [1.54, 1.807) is 0 Å². The average Bonchev–Trinajstić information content (AvgIpc) is 3.73. The minimum Gasteiger partial charge on any atom is -0.456 e. The van der Waals surface area contributed by atoms with E-state index in [4.69, 9.17) is 8.83 Å². The fourth-order valence-corrected chi connectivity index (χ4v) is 8.15. The van der Waals surface area contributed by atoms with Crippen LogP contribution >= 0.6 is 0 Å². The van der Waals surface area contributed by atoms with E-state index in [-0.39, 0.29) is 0 Å².